The first-order chi connectivity index (χ1) is 6.90. The van der Waals surface area contributed by atoms with E-state index in [1.165, 1.54) is 0 Å². The van der Waals surface area contributed by atoms with E-state index in [-0.39, 0.29) is 0 Å². The van der Waals surface area contributed by atoms with E-state index in [0.29, 0.717) is 0 Å². The molecule has 14 heavy (non-hydrogen) atoms. The first-order valence-electron chi connectivity index (χ1n) is 4.22. The minimum Gasteiger partial charge on any atom is -0.265 e. The van der Waals surface area contributed by atoms with Gasteiger partial charge in [-0.25, -0.2) is 0 Å². The number of amidine groups is 1. The normalized spacial score (nSPS) is 18.9. The number of aliphatic imine (C=N–C) groups is 1. The van der Waals surface area contributed by atoms with Gasteiger partial charge < -0.3 is 0 Å². The molecule has 0 aromatic carbocycles. The lowest BCUT2D eigenvalue weighted by Crippen LogP contribution is -2.25. The smallest absolute Gasteiger partial charge is 0.177 e. The molecule has 1 aromatic rings. The third-order valence-corrected chi connectivity index (χ3v) is 2.80. The maximum atomic E-state index is 4.23. The van der Waals surface area contributed by atoms with Crippen LogP contribution in [0.3, 0.4) is 0 Å². The van der Waals surface area contributed by atoms with Crippen LogP contribution in [0.5, 0.6) is 0 Å². The van der Waals surface area contributed by atoms with Gasteiger partial charge in [0.2, 0.25) is 0 Å². The van der Waals surface area contributed by atoms with Crippen molar-refractivity contribution in [3.63, 3.8) is 0 Å². The van der Waals surface area contributed by atoms with Crippen molar-refractivity contribution in [1.29, 1.82) is 0 Å². The average molecular weight is 206 g/mol. The molecule has 0 unspecified atom stereocenters. The molecule has 0 saturated heterocycles. The number of aromatic nitrogens is 1. The molecule has 0 spiro atoms. The molecular formula is C9H10N4S. The molecule has 0 atom stereocenters. The number of rotatable bonds is 1. The topological polar surface area (TPSA) is 49.6 Å². The number of hydrogen-bond acceptors (Lipinski definition) is 4. The summed E-state index contributed by atoms with van der Waals surface area (Å²) in [6.45, 7) is 0. The molecule has 0 amide bonds. The highest BCUT2D eigenvalue weighted by Crippen LogP contribution is 2.12. The Balaban J connectivity index is 2.19. The average Bonchev–Trinajstić information content (AvgIpc) is 2.30. The van der Waals surface area contributed by atoms with Gasteiger partial charge in [-0.2, -0.15) is 5.10 Å². The highest BCUT2D eigenvalue weighted by atomic mass is 32.2. The highest BCUT2D eigenvalue weighted by Gasteiger charge is 2.11. The van der Waals surface area contributed by atoms with Gasteiger partial charge in [0, 0.05) is 30.8 Å². The van der Waals surface area contributed by atoms with Crippen LogP contribution >= 0.6 is 11.8 Å². The minimum absolute atomic E-state index is 0.839. The van der Waals surface area contributed by atoms with Crippen LogP contribution in [-0.4, -0.2) is 28.7 Å². The Hall–Kier alpha value is -1.36. The molecule has 0 aliphatic carbocycles. The quantitative estimate of drug-likeness (QED) is 0.748. The van der Waals surface area contributed by atoms with Crippen molar-refractivity contribution in [2.45, 2.75) is 0 Å². The molecule has 0 saturated carbocycles. The first kappa shape index (κ1) is 9.21. The summed E-state index contributed by atoms with van der Waals surface area (Å²) in [4.78, 5) is 8.07. The lowest BCUT2D eigenvalue weighted by Gasteiger charge is -2.13. The summed E-state index contributed by atoms with van der Waals surface area (Å²) < 4.78 is 0. The van der Waals surface area contributed by atoms with Crippen molar-refractivity contribution in [3.8, 4) is 0 Å². The van der Waals surface area contributed by atoms with Crippen LogP contribution in [0.25, 0.3) is 0 Å². The van der Waals surface area contributed by atoms with Crippen LogP contribution < -0.4 is 5.43 Å². The number of pyridine rings is 1. The van der Waals surface area contributed by atoms with Crippen molar-refractivity contribution >= 4 is 22.6 Å². The molecule has 1 N–H and O–H groups in total. The zero-order valence-electron chi connectivity index (χ0n) is 7.77. The molecule has 72 valence electrons. The predicted octanol–water partition coefficient (Wildman–Crippen LogP) is 1.11. The van der Waals surface area contributed by atoms with E-state index < -0.39 is 0 Å². The molecule has 4 nitrogen and oxygen atoms in total. The maximum Gasteiger partial charge on any atom is 0.177 e. The molecule has 5 heteroatoms. The van der Waals surface area contributed by atoms with Crippen molar-refractivity contribution in [1.82, 2.24) is 10.4 Å². The van der Waals surface area contributed by atoms with Crippen molar-refractivity contribution in [3.05, 3.63) is 30.1 Å². The Morgan fingerprint density at radius 1 is 1.57 bits per heavy atom. The van der Waals surface area contributed by atoms with Gasteiger partial charge >= 0.3 is 0 Å². The SMILES string of the molecule is CN=C1NN=C(c2cccnc2)CS1. The maximum absolute atomic E-state index is 4.23. The Morgan fingerprint density at radius 3 is 3.07 bits per heavy atom. The van der Waals surface area contributed by atoms with Crippen LogP contribution in [0.4, 0.5) is 0 Å². The fourth-order valence-corrected chi connectivity index (χ4v) is 1.86. The van der Waals surface area contributed by atoms with Crippen LogP contribution in [0, 0.1) is 0 Å². The van der Waals surface area contributed by atoms with Gasteiger partial charge in [0.25, 0.3) is 0 Å². The highest BCUT2D eigenvalue weighted by molar-refractivity contribution is 8.14. The Bertz CT molecular complexity index is 372. The molecule has 1 aromatic heterocycles. The third kappa shape index (κ3) is 1.93. The summed E-state index contributed by atoms with van der Waals surface area (Å²) in [6.07, 6.45) is 3.57. The number of hydrazone groups is 1. The Labute approximate surface area is 86.5 Å². The van der Waals surface area contributed by atoms with Crippen LogP contribution in [0.1, 0.15) is 5.56 Å². The summed E-state index contributed by atoms with van der Waals surface area (Å²) in [6, 6.07) is 3.91. The van der Waals surface area contributed by atoms with Crippen LogP contribution in [0.2, 0.25) is 0 Å². The molecule has 2 heterocycles. The van der Waals surface area contributed by atoms with Gasteiger partial charge in [-0.1, -0.05) is 11.8 Å². The van der Waals surface area contributed by atoms with Gasteiger partial charge in [-0.15, -0.1) is 0 Å². The number of thioether (sulfide) groups is 1. The van der Waals surface area contributed by atoms with E-state index in [4.69, 9.17) is 0 Å². The van der Waals surface area contributed by atoms with Crippen molar-refractivity contribution in [2.24, 2.45) is 10.1 Å². The zero-order valence-corrected chi connectivity index (χ0v) is 8.58. The second-order valence-corrected chi connectivity index (χ2v) is 3.69. The van der Waals surface area contributed by atoms with E-state index in [1.807, 2.05) is 18.3 Å². The zero-order chi connectivity index (χ0) is 9.80. The number of nitrogens with one attached hydrogen (secondary N) is 1. The molecule has 0 bridgehead atoms. The predicted molar refractivity (Wildman–Crippen MR) is 59.7 cm³/mol. The summed E-state index contributed by atoms with van der Waals surface area (Å²) in [5, 5.41) is 5.09. The van der Waals surface area contributed by atoms with Crippen molar-refractivity contribution < 1.29 is 0 Å². The number of hydrogen-bond donors (Lipinski definition) is 1. The van der Waals surface area contributed by atoms with E-state index in [9.17, 15) is 0 Å². The van der Waals surface area contributed by atoms with Gasteiger partial charge in [-0.3, -0.25) is 15.4 Å². The molecule has 0 radical (unpaired) electrons. The molecule has 2 rings (SSSR count). The summed E-state index contributed by atoms with van der Waals surface area (Å²) in [5.41, 5.74) is 4.96. The summed E-state index contributed by atoms with van der Waals surface area (Å²) >= 11 is 1.65. The van der Waals surface area contributed by atoms with Crippen LogP contribution in [0.15, 0.2) is 34.6 Å². The van der Waals surface area contributed by atoms with E-state index >= 15 is 0 Å². The molecule has 1 aliphatic rings. The lowest BCUT2D eigenvalue weighted by molar-refractivity contribution is 1.03. The lowest BCUT2D eigenvalue weighted by atomic mass is 10.2. The molecular weight excluding hydrogens is 196 g/mol. The summed E-state index contributed by atoms with van der Waals surface area (Å²) in [5.74, 6) is 0.839. The number of nitrogens with zero attached hydrogens (tertiary/aromatic N) is 3. The Morgan fingerprint density at radius 2 is 2.50 bits per heavy atom. The van der Waals surface area contributed by atoms with E-state index in [0.717, 1.165) is 22.2 Å². The second-order valence-electron chi connectivity index (χ2n) is 2.73. The summed E-state index contributed by atoms with van der Waals surface area (Å²) in [7, 11) is 1.75. The Kier molecular flexibility index (Phi) is 2.78. The van der Waals surface area contributed by atoms with Gasteiger partial charge in [0.05, 0.1) is 5.71 Å². The fraction of sp³-hybridized carbons (Fsp3) is 0.222. The van der Waals surface area contributed by atoms with Crippen LogP contribution in [-0.2, 0) is 0 Å². The van der Waals surface area contributed by atoms with Gasteiger partial charge in [0.1, 0.15) is 0 Å². The standard InChI is InChI=1S/C9H10N4S/c1-10-9-13-12-8(6-14-9)7-3-2-4-11-5-7/h2-5H,6H2,1H3,(H,10,13). The van der Waals surface area contributed by atoms with Gasteiger partial charge in [0.15, 0.2) is 5.17 Å². The molecule has 0 fully saturated rings. The van der Waals surface area contributed by atoms with E-state index in [2.05, 4.69) is 20.5 Å². The largest absolute Gasteiger partial charge is 0.265 e. The van der Waals surface area contributed by atoms with Gasteiger partial charge in [-0.05, 0) is 12.1 Å². The monoisotopic (exact) mass is 206 g/mol. The first-order valence-corrected chi connectivity index (χ1v) is 5.21. The fourth-order valence-electron chi connectivity index (χ4n) is 1.11. The second kappa shape index (κ2) is 4.23. The minimum atomic E-state index is 0.839. The molecule has 1 aliphatic heterocycles. The third-order valence-electron chi connectivity index (χ3n) is 1.83. The van der Waals surface area contributed by atoms with Crippen molar-refractivity contribution in [2.75, 3.05) is 12.8 Å². The van der Waals surface area contributed by atoms with E-state index in [1.54, 1.807) is 25.0 Å².